The first kappa shape index (κ1) is 22.0. The van der Waals surface area contributed by atoms with E-state index in [1.165, 1.54) is 6.21 Å². The first-order chi connectivity index (χ1) is 11.6. The molecular weight excluding hydrogens is 310 g/mol. The van der Waals surface area contributed by atoms with Gasteiger partial charge >= 0.3 is 0 Å². The smallest absolute Gasteiger partial charge is 0.215 e. The van der Waals surface area contributed by atoms with Crippen LogP contribution < -0.4 is 9.64 Å². The van der Waals surface area contributed by atoms with Gasteiger partial charge in [0, 0.05) is 33.4 Å². The molecule has 0 saturated heterocycles. The second-order valence-electron chi connectivity index (χ2n) is 4.45. The van der Waals surface area contributed by atoms with Crippen LogP contribution in [-0.2, 0) is 14.3 Å². The molecule has 7 nitrogen and oxygen atoms in total. The van der Waals surface area contributed by atoms with Crippen LogP contribution in [0.15, 0.2) is 17.1 Å². The minimum absolute atomic E-state index is 0.249. The Morgan fingerprint density at radius 3 is 2.33 bits per heavy atom. The fourth-order valence-corrected chi connectivity index (χ4v) is 1.71. The molecule has 0 atom stereocenters. The predicted octanol–water partition coefficient (Wildman–Crippen LogP) is 2.85. The summed E-state index contributed by atoms with van der Waals surface area (Å²) in [5.74, 6) is 1.05. The highest BCUT2D eigenvalue weighted by molar-refractivity contribution is 6.13. The third kappa shape index (κ3) is 8.03. The molecule has 0 aliphatic carbocycles. The van der Waals surface area contributed by atoms with Crippen molar-refractivity contribution in [3.8, 4) is 5.88 Å². The summed E-state index contributed by atoms with van der Waals surface area (Å²) in [6.07, 6.45) is 1.39. The van der Waals surface area contributed by atoms with E-state index in [0.717, 1.165) is 0 Å². The number of aldehydes is 1. The Balaban J connectivity index is 0.00000254. The third-order valence-corrected chi connectivity index (χ3v) is 2.60. The summed E-state index contributed by atoms with van der Waals surface area (Å²) in [7, 11) is 3.68. The van der Waals surface area contributed by atoms with Crippen molar-refractivity contribution < 1.29 is 19.0 Å². The van der Waals surface area contributed by atoms with Gasteiger partial charge in [-0.25, -0.2) is 4.99 Å². The molecule has 0 N–H and O–H groups in total. The fraction of sp³-hybridized carbons (Fsp3) is 0.588. The summed E-state index contributed by atoms with van der Waals surface area (Å²) in [6.45, 7) is 9.13. The quantitative estimate of drug-likeness (QED) is 0.371. The van der Waals surface area contributed by atoms with E-state index < -0.39 is 6.29 Å². The zero-order valence-electron chi connectivity index (χ0n) is 15.5. The van der Waals surface area contributed by atoms with Crippen LogP contribution in [0.1, 0.15) is 27.7 Å². The second kappa shape index (κ2) is 13.4. The SMILES string of the molecule is CC.CCOC(COc1ccc(N=CC=O)c(N(C)C)n1)OCC. The lowest BCUT2D eigenvalue weighted by Crippen LogP contribution is -2.25. The summed E-state index contributed by atoms with van der Waals surface area (Å²) in [5.41, 5.74) is 0.593. The van der Waals surface area contributed by atoms with E-state index in [2.05, 4.69) is 9.98 Å². The number of rotatable bonds is 10. The fourth-order valence-electron chi connectivity index (χ4n) is 1.71. The van der Waals surface area contributed by atoms with Crippen molar-refractivity contribution in [2.45, 2.75) is 34.0 Å². The molecule has 0 fully saturated rings. The number of hydrogen-bond acceptors (Lipinski definition) is 7. The molecule has 0 saturated carbocycles. The maximum atomic E-state index is 10.4. The molecule has 0 aromatic carbocycles. The summed E-state index contributed by atoms with van der Waals surface area (Å²) in [4.78, 5) is 20.6. The van der Waals surface area contributed by atoms with Crippen LogP contribution >= 0.6 is 0 Å². The van der Waals surface area contributed by atoms with Gasteiger partial charge in [0.2, 0.25) is 5.88 Å². The standard InChI is InChI=1S/C15H23N3O4.C2H6/c1-5-20-14(21-6-2)11-22-13-8-7-12(16-9-10-19)15(17-13)18(3)4;1-2/h7-10,14H,5-6,11H2,1-4H3;1-2H3. The maximum absolute atomic E-state index is 10.4. The van der Waals surface area contributed by atoms with E-state index in [1.807, 2.05) is 41.8 Å². The number of hydrogen-bond donors (Lipinski definition) is 0. The van der Waals surface area contributed by atoms with Crippen LogP contribution in [0.2, 0.25) is 0 Å². The average Bonchev–Trinajstić information content (AvgIpc) is 2.60. The van der Waals surface area contributed by atoms with Gasteiger partial charge in [0.25, 0.3) is 0 Å². The molecule has 1 heterocycles. The molecule has 0 spiro atoms. The van der Waals surface area contributed by atoms with E-state index in [-0.39, 0.29) is 6.61 Å². The number of anilines is 1. The number of carbonyl (C=O) groups excluding carboxylic acids is 1. The highest BCUT2D eigenvalue weighted by Crippen LogP contribution is 2.27. The molecule has 0 amide bonds. The first-order valence-electron chi connectivity index (χ1n) is 8.14. The Kier molecular flexibility index (Phi) is 12.3. The Morgan fingerprint density at radius 1 is 1.21 bits per heavy atom. The minimum atomic E-state index is -0.424. The van der Waals surface area contributed by atoms with E-state index in [0.29, 0.717) is 36.9 Å². The van der Waals surface area contributed by atoms with E-state index >= 15 is 0 Å². The van der Waals surface area contributed by atoms with E-state index in [1.54, 1.807) is 17.0 Å². The highest BCUT2D eigenvalue weighted by atomic mass is 16.7. The molecule has 0 bridgehead atoms. The lowest BCUT2D eigenvalue weighted by molar-refractivity contribution is -0.152. The van der Waals surface area contributed by atoms with Gasteiger partial charge in [-0.3, -0.25) is 4.79 Å². The Hall–Kier alpha value is -1.99. The topological polar surface area (TPSA) is 73.3 Å². The van der Waals surface area contributed by atoms with Gasteiger partial charge in [-0.15, -0.1) is 0 Å². The largest absolute Gasteiger partial charge is 0.472 e. The first-order valence-corrected chi connectivity index (χ1v) is 8.14. The van der Waals surface area contributed by atoms with Crippen LogP contribution in [0.5, 0.6) is 5.88 Å². The Bertz CT molecular complexity index is 487. The van der Waals surface area contributed by atoms with E-state index in [9.17, 15) is 4.79 Å². The predicted molar refractivity (Wildman–Crippen MR) is 96.7 cm³/mol. The Labute approximate surface area is 144 Å². The zero-order chi connectivity index (χ0) is 18.4. The monoisotopic (exact) mass is 339 g/mol. The normalized spacial score (nSPS) is 10.5. The highest BCUT2D eigenvalue weighted by Gasteiger charge is 2.12. The van der Waals surface area contributed by atoms with E-state index in [4.69, 9.17) is 14.2 Å². The van der Waals surface area contributed by atoms with Crippen molar-refractivity contribution in [3.05, 3.63) is 12.1 Å². The Morgan fingerprint density at radius 2 is 1.83 bits per heavy atom. The lowest BCUT2D eigenvalue weighted by Gasteiger charge is -2.18. The van der Waals surface area contributed by atoms with Gasteiger partial charge in [-0.2, -0.15) is 4.98 Å². The van der Waals surface area contributed by atoms with Crippen LogP contribution in [0.4, 0.5) is 11.5 Å². The van der Waals surface area contributed by atoms with Crippen LogP contribution in [0, 0.1) is 0 Å². The molecule has 7 heteroatoms. The number of aromatic nitrogens is 1. The summed E-state index contributed by atoms with van der Waals surface area (Å²) in [6, 6.07) is 3.44. The molecule has 24 heavy (non-hydrogen) atoms. The van der Waals surface area contributed by atoms with Gasteiger partial charge in [0.15, 0.2) is 18.4 Å². The van der Waals surface area contributed by atoms with Gasteiger partial charge in [0.05, 0.1) is 6.21 Å². The van der Waals surface area contributed by atoms with Crippen LogP contribution in [-0.4, -0.2) is 57.7 Å². The number of carbonyl (C=O) groups is 1. The second-order valence-corrected chi connectivity index (χ2v) is 4.45. The average molecular weight is 339 g/mol. The van der Waals surface area contributed by atoms with Gasteiger partial charge in [-0.05, 0) is 19.9 Å². The molecule has 1 rings (SSSR count). The van der Waals surface area contributed by atoms with Crippen molar-refractivity contribution in [2.24, 2.45) is 4.99 Å². The zero-order valence-corrected chi connectivity index (χ0v) is 15.5. The summed E-state index contributed by atoms with van der Waals surface area (Å²) < 4.78 is 16.4. The van der Waals surface area contributed by atoms with Gasteiger partial charge in [0.1, 0.15) is 12.3 Å². The maximum Gasteiger partial charge on any atom is 0.215 e. The third-order valence-electron chi connectivity index (χ3n) is 2.60. The number of ether oxygens (including phenoxy) is 3. The van der Waals surface area contributed by atoms with Crippen molar-refractivity contribution in [2.75, 3.05) is 38.8 Å². The summed E-state index contributed by atoms with van der Waals surface area (Å²) >= 11 is 0. The van der Waals surface area contributed by atoms with Gasteiger partial charge < -0.3 is 19.1 Å². The number of pyridine rings is 1. The number of aliphatic imine (C=N–C) groups is 1. The van der Waals surface area contributed by atoms with Crippen molar-refractivity contribution in [1.82, 2.24) is 4.98 Å². The molecular formula is C17H29N3O4. The van der Waals surface area contributed by atoms with Crippen molar-refractivity contribution in [3.63, 3.8) is 0 Å². The molecule has 0 aliphatic heterocycles. The number of nitrogens with zero attached hydrogens (tertiary/aromatic N) is 3. The molecule has 0 radical (unpaired) electrons. The lowest BCUT2D eigenvalue weighted by atomic mass is 10.3. The van der Waals surface area contributed by atoms with Crippen LogP contribution in [0.3, 0.4) is 0 Å². The summed E-state index contributed by atoms with van der Waals surface area (Å²) in [5, 5.41) is 0. The van der Waals surface area contributed by atoms with Crippen molar-refractivity contribution in [1.29, 1.82) is 0 Å². The molecule has 136 valence electrons. The van der Waals surface area contributed by atoms with Crippen molar-refractivity contribution >= 4 is 24.0 Å². The van der Waals surface area contributed by atoms with Crippen LogP contribution in [0.25, 0.3) is 0 Å². The minimum Gasteiger partial charge on any atom is -0.472 e. The molecule has 0 aliphatic rings. The molecule has 1 aromatic rings. The molecule has 1 aromatic heterocycles. The van der Waals surface area contributed by atoms with Gasteiger partial charge in [-0.1, -0.05) is 13.8 Å². The molecule has 0 unspecified atom stereocenters.